The number of nitriles is 1. The Bertz CT molecular complexity index is 1000. The summed E-state index contributed by atoms with van der Waals surface area (Å²) < 4.78 is 77.8. The van der Waals surface area contributed by atoms with Crippen LogP contribution in [0.3, 0.4) is 0 Å². The lowest BCUT2D eigenvalue weighted by Gasteiger charge is -2.14. The number of aromatic nitrogens is 1. The monoisotopic (exact) mass is 350 g/mol. The summed E-state index contributed by atoms with van der Waals surface area (Å²) in [5.74, 6) is -2.09. The Kier molecular flexibility index (Phi) is 3.81. The van der Waals surface area contributed by atoms with Crippen molar-refractivity contribution in [2.75, 3.05) is 0 Å². The highest BCUT2D eigenvalue weighted by Gasteiger charge is 2.49. The molecule has 0 aliphatic heterocycles. The lowest BCUT2D eigenvalue weighted by atomic mass is 10.1. The van der Waals surface area contributed by atoms with Gasteiger partial charge >= 0.3 is 15.6 Å². The largest absolute Gasteiger partial charge is 0.534 e. The minimum absolute atomic E-state index is 0.109. The molecule has 11 heteroatoms. The zero-order chi connectivity index (χ0) is 17.6. The van der Waals surface area contributed by atoms with E-state index in [1.165, 1.54) is 13.1 Å². The number of rotatable bonds is 2. The van der Waals surface area contributed by atoms with Gasteiger partial charge in [-0.1, -0.05) is 0 Å². The van der Waals surface area contributed by atoms with Crippen LogP contribution in [0.4, 0.5) is 17.6 Å². The number of halogens is 4. The maximum atomic E-state index is 13.4. The number of alkyl halides is 3. The van der Waals surface area contributed by atoms with Crippen molar-refractivity contribution in [3.8, 4) is 11.8 Å². The lowest BCUT2D eigenvalue weighted by molar-refractivity contribution is -0.0499. The van der Waals surface area contributed by atoms with Gasteiger partial charge in [0.1, 0.15) is 11.9 Å². The summed E-state index contributed by atoms with van der Waals surface area (Å²) in [5.41, 5.74) is -7.96. The minimum atomic E-state index is -6.14. The molecule has 122 valence electrons. The van der Waals surface area contributed by atoms with Gasteiger partial charge in [-0.15, -0.1) is 0 Å². The molecular weight excluding hydrogens is 344 g/mol. The topological polar surface area (TPSA) is 89.2 Å². The van der Waals surface area contributed by atoms with Gasteiger partial charge in [0.15, 0.2) is 11.3 Å². The summed E-state index contributed by atoms with van der Waals surface area (Å²) in [6.45, 7) is 0. The van der Waals surface area contributed by atoms with Crippen LogP contribution in [0.5, 0.6) is 5.75 Å². The van der Waals surface area contributed by atoms with Crippen molar-refractivity contribution in [3.63, 3.8) is 0 Å². The first kappa shape index (κ1) is 16.8. The SMILES string of the molecule is Cn1c(=O)c(C#N)c(OS(=O)(=O)C(F)(F)F)c2cc(F)ccc21. The first-order valence-electron chi connectivity index (χ1n) is 5.72. The van der Waals surface area contributed by atoms with E-state index in [4.69, 9.17) is 5.26 Å². The van der Waals surface area contributed by atoms with E-state index in [0.717, 1.165) is 16.7 Å². The molecule has 0 amide bonds. The molecule has 0 aliphatic rings. The highest BCUT2D eigenvalue weighted by Crippen LogP contribution is 2.33. The van der Waals surface area contributed by atoms with Crippen molar-refractivity contribution in [3.05, 3.63) is 39.9 Å². The van der Waals surface area contributed by atoms with E-state index in [-0.39, 0.29) is 5.52 Å². The van der Waals surface area contributed by atoms with Crippen LogP contribution in [0.1, 0.15) is 5.56 Å². The fourth-order valence-corrected chi connectivity index (χ4v) is 2.32. The van der Waals surface area contributed by atoms with Crippen LogP contribution in [-0.4, -0.2) is 18.5 Å². The lowest BCUT2D eigenvalue weighted by Crippen LogP contribution is -2.30. The predicted molar refractivity (Wildman–Crippen MR) is 69.5 cm³/mol. The van der Waals surface area contributed by atoms with Crippen LogP contribution in [0.2, 0.25) is 0 Å². The third kappa shape index (κ3) is 2.72. The van der Waals surface area contributed by atoms with Crippen molar-refractivity contribution in [2.24, 2.45) is 7.05 Å². The molecule has 6 nitrogen and oxygen atoms in total. The summed E-state index contributed by atoms with van der Waals surface area (Å²) >= 11 is 0. The van der Waals surface area contributed by atoms with Gasteiger partial charge in [0.2, 0.25) is 0 Å². The van der Waals surface area contributed by atoms with Gasteiger partial charge in [-0.25, -0.2) is 4.39 Å². The smallest absolute Gasteiger partial charge is 0.374 e. The molecule has 23 heavy (non-hydrogen) atoms. The maximum Gasteiger partial charge on any atom is 0.534 e. The van der Waals surface area contributed by atoms with Gasteiger partial charge < -0.3 is 8.75 Å². The number of pyridine rings is 1. The minimum Gasteiger partial charge on any atom is -0.374 e. The van der Waals surface area contributed by atoms with Gasteiger partial charge in [-0.2, -0.15) is 26.9 Å². The summed E-state index contributed by atoms with van der Waals surface area (Å²) in [6.07, 6.45) is 0. The van der Waals surface area contributed by atoms with Gasteiger partial charge in [0, 0.05) is 12.4 Å². The molecule has 0 radical (unpaired) electrons. The van der Waals surface area contributed by atoms with Gasteiger partial charge in [-0.3, -0.25) is 4.79 Å². The average Bonchev–Trinajstić information content (AvgIpc) is 2.43. The maximum absolute atomic E-state index is 13.4. The van der Waals surface area contributed by atoms with Gasteiger partial charge in [0.05, 0.1) is 5.52 Å². The first-order valence-corrected chi connectivity index (χ1v) is 7.13. The van der Waals surface area contributed by atoms with Crippen molar-refractivity contribution >= 4 is 21.0 Å². The van der Waals surface area contributed by atoms with Gasteiger partial charge in [-0.05, 0) is 18.2 Å². The van der Waals surface area contributed by atoms with Gasteiger partial charge in [0.25, 0.3) is 5.56 Å². The number of benzene rings is 1. The quantitative estimate of drug-likeness (QED) is 0.468. The zero-order valence-electron chi connectivity index (χ0n) is 11.2. The molecule has 0 spiro atoms. The van der Waals surface area contributed by atoms with E-state index >= 15 is 0 Å². The molecule has 0 unspecified atom stereocenters. The molecule has 2 rings (SSSR count). The zero-order valence-corrected chi connectivity index (χ0v) is 12.0. The molecule has 0 saturated carbocycles. The highest BCUT2D eigenvalue weighted by molar-refractivity contribution is 7.88. The molecule has 2 aromatic rings. The molecule has 0 fully saturated rings. The van der Waals surface area contributed by atoms with E-state index in [9.17, 15) is 30.8 Å². The number of hydrogen-bond donors (Lipinski definition) is 0. The van der Waals surface area contributed by atoms with Crippen LogP contribution in [0.15, 0.2) is 23.0 Å². The highest BCUT2D eigenvalue weighted by atomic mass is 32.2. The second-order valence-corrected chi connectivity index (χ2v) is 5.86. The van der Waals surface area contributed by atoms with E-state index < -0.39 is 43.7 Å². The first-order chi connectivity index (χ1) is 10.5. The second kappa shape index (κ2) is 5.24. The number of nitrogens with zero attached hydrogens (tertiary/aromatic N) is 2. The molecule has 0 atom stereocenters. The molecule has 0 N–H and O–H groups in total. The summed E-state index contributed by atoms with van der Waals surface area (Å²) in [4.78, 5) is 11.9. The molecule has 1 heterocycles. The van der Waals surface area contributed by atoms with Crippen molar-refractivity contribution in [2.45, 2.75) is 5.51 Å². The number of hydrogen-bond acceptors (Lipinski definition) is 5. The Balaban J connectivity index is 2.92. The second-order valence-electron chi connectivity index (χ2n) is 4.32. The fraction of sp³-hybridized carbons (Fsp3) is 0.167. The van der Waals surface area contributed by atoms with Crippen LogP contribution in [0, 0.1) is 17.1 Å². The predicted octanol–water partition coefficient (Wildman–Crippen LogP) is 1.78. The molecule has 0 saturated heterocycles. The molecule has 0 aliphatic carbocycles. The normalized spacial score (nSPS) is 12.2. The van der Waals surface area contributed by atoms with E-state index in [2.05, 4.69) is 4.18 Å². The Labute approximate surface area is 126 Å². The molecular formula is C12H6F4N2O4S. The fourth-order valence-electron chi connectivity index (χ4n) is 1.83. The van der Waals surface area contributed by atoms with Crippen molar-refractivity contribution in [1.29, 1.82) is 5.26 Å². The number of aryl methyl sites for hydroxylation is 1. The third-order valence-electron chi connectivity index (χ3n) is 2.90. The average molecular weight is 350 g/mol. The third-order valence-corrected chi connectivity index (χ3v) is 3.85. The summed E-state index contributed by atoms with van der Waals surface area (Å²) in [7, 11) is -4.95. The molecule has 0 bridgehead atoms. The Hall–Kier alpha value is -2.61. The molecule has 1 aromatic carbocycles. The van der Waals surface area contributed by atoms with E-state index in [0.29, 0.717) is 6.07 Å². The Morgan fingerprint density at radius 1 is 1.30 bits per heavy atom. The van der Waals surface area contributed by atoms with Crippen molar-refractivity contribution < 1.29 is 30.2 Å². The summed E-state index contributed by atoms with van der Waals surface area (Å²) in [5, 5.41) is 8.48. The van der Waals surface area contributed by atoms with Crippen LogP contribution in [0.25, 0.3) is 10.9 Å². The Morgan fingerprint density at radius 2 is 1.91 bits per heavy atom. The van der Waals surface area contributed by atoms with Crippen LogP contribution >= 0.6 is 0 Å². The standard InChI is InChI=1S/C12H6F4N2O4S/c1-18-9-3-2-6(13)4-7(9)10(8(5-17)11(18)19)22-23(20,21)12(14,15)16/h2-4H,1H3. The van der Waals surface area contributed by atoms with Crippen LogP contribution < -0.4 is 9.74 Å². The van der Waals surface area contributed by atoms with Crippen molar-refractivity contribution in [1.82, 2.24) is 4.57 Å². The summed E-state index contributed by atoms with van der Waals surface area (Å²) in [6, 6.07) is 3.90. The van der Waals surface area contributed by atoms with E-state index in [1.807, 2.05) is 0 Å². The number of fused-ring (bicyclic) bond motifs is 1. The van der Waals surface area contributed by atoms with Crippen LogP contribution in [-0.2, 0) is 17.2 Å². The molecule has 1 aromatic heterocycles. The van der Waals surface area contributed by atoms with E-state index in [1.54, 1.807) is 0 Å². The Morgan fingerprint density at radius 3 is 2.43 bits per heavy atom.